The number of amides is 3. The van der Waals surface area contributed by atoms with E-state index < -0.39 is 22.0 Å². The Kier molecular flexibility index (Phi) is 10.1. The zero-order valence-electron chi connectivity index (χ0n) is 24.6. The van der Waals surface area contributed by atoms with E-state index in [1.807, 2.05) is 0 Å². The van der Waals surface area contributed by atoms with E-state index in [0.29, 0.717) is 72.1 Å². The van der Waals surface area contributed by atoms with Crippen LogP contribution in [-0.2, 0) is 19.6 Å². The maximum absolute atomic E-state index is 13.8. The number of carbonyl (C=O) groups excluding carboxylic acids is 3. The zero-order valence-corrected chi connectivity index (χ0v) is 26.9. The number of nitrogens with zero attached hydrogens (tertiary/aromatic N) is 4. The van der Waals surface area contributed by atoms with E-state index in [1.165, 1.54) is 6.07 Å². The van der Waals surface area contributed by atoms with Crippen molar-refractivity contribution in [1.82, 2.24) is 24.7 Å². The van der Waals surface area contributed by atoms with E-state index in [2.05, 4.69) is 26.9 Å². The number of piperazine rings is 1. The first-order valence-electron chi connectivity index (χ1n) is 14.7. The van der Waals surface area contributed by atoms with Crippen LogP contribution in [-0.4, -0.2) is 112 Å². The van der Waals surface area contributed by atoms with Gasteiger partial charge in [0, 0.05) is 57.4 Å². The third-order valence-electron chi connectivity index (χ3n) is 8.60. The molecule has 3 aliphatic rings. The Morgan fingerprint density at radius 2 is 1.77 bits per heavy atom. The highest BCUT2D eigenvalue weighted by atomic mass is 35.5. The van der Waals surface area contributed by atoms with Crippen LogP contribution in [0.2, 0.25) is 4.34 Å². The molecule has 0 bridgehead atoms. The SMILES string of the molecule is Cc1c(N2CCCC2=O)cccc1S(=O)(=O)N[C@@H](CNC(=O)c1ccc(Cl)s1)C(=O)N1CCN(C2CCN(C)CC2)CC1. The average molecular weight is 651 g/mol. The van der Waals surface area contributed by atoms with Gasteiger partial charge in [0.1, 0.15) is 6.04 Å². The maximum Gasteiger partial charge on any atom is 0.261 e. The molecule has 234 valence electrons. The second kappa shape index (κ2) is 13.6. The Bertz CT molecular complexity index is 1450. The molecule has 5 rings (SSSR count). The summed E-state index contributed by atoms with van der Waals surface area (Å²) in [7, 11) is -2.08. The molecule has 0 unspecified atom stereocenters. The van der Waals surface area contributed by atoms with Gasteiger partial charge < -0.3 is 20.0 Å². The minimum Gasteiger partial charge on any atom is -0.349 e. The average Bonchev–Trinajstić information content (AvgIpc) is 3.63. The molecule has 1 aromatic heterocycles. The van der Waals surface area contributed by atoms with Gasteiger partial charge in [-0.2, -0.15) is 4.72 Å². The molecular weight excluding hydrogens is 612 g/mol. The fourth-order valence-electron chi connectivity index (χ4n) is 6.13. The number of benzene rings is 1. The number of anilines is 1. The highest BCUT2D eigenvalue weighted by Gasteiger charge is 2.35. The van der Waals surface area contributed by atoms with E-state index in [9.17, 15) is 22.8 Å². The van der Waals surface area contributed by atoms with Gasteiger partial charge in [0.25, 0.3) is 5.91 Å². The van der Waals surface area contributed by atoms with Crippen LogP contribution in [0.3, 0.4) is 0 Å². The predicted molar refractivity (Wildman–Crippen MR) is 167 cm³/mol. The third-order valence-corrected chi connectivity index (χ3v) is 11.4. The third kappa shape index (κ3) is 7.40. The first-order chi connectivity index (χ1) is 20.5. The van der Waals surface area contributed by atoms with Crippen molar-refractivity contribution >= 4 is 56.4 Å². The number of thiophene rings is 1. The lowest BCUT2D eigenvalue weighted by Crippen LogP contribution is -2.59. The lowest BCUT2D eigenvalue weighted by Gasteiger charge is -2.42. The van der Waals surface area contributed by atoms with Crippen molar-refractivity contribution in [3.63, 3.8) is 0 Å². The normalized spacial score (nSPS) is 20.0. The molecule has 11 nitrogen and oxygen atoms in total. The number of nitrogens with one attached hydrogen (secondary N) is 2. The number of halogens is 1. The molecule has 3 saturated heterocycles. The first kappa shape index (κ1) is 31.9. The molecule has 0 saturated carbocycles. The van der Waals surface area contributed by atoms with Gasteiger partial charge in [-0.3, -0.25) is 19.3 Å². The molecule has 4 heterocycles. The van der Waals surface area contributed by atoms with E-state index in [-0.39, 0.29) is 23.3 Å². The number of rotatable bonds is 9. The summed E-state index contributed by atoms with van der Waals surface area (Å²) in [5.74, 6) is -0.874. The van der Waals surface area contributed by atoms with Gasteiger partial charge in [0.2, 0.25) is 21.8 Å². The van der Waals surface area contributed by atoms with Crippen LogP contribution in [0.25, 0.3) is 0 Å². The topological polar surface area (TPSA) is 122 Å². The van der Waals surface area contributed by atoms with Gasteiger partial charge in [-0.15, -0.1) is 11.3 Å². The molecule has 1 atom stereocenters. The summed E-state index contributed by atoms with van der Waals surface area (Å²) in [4.78, 5) is 47.4. The van der Waals surface area contributed by atoms with Gasteiger partial charge in [-0.05, 0) is 76.2 Å². The molecule has 3 fully saturated rings. The van der Waals surface area contributed by atoms with Crippen LogP contribution in [0.4, 0.5) is 5.69 Å². The molecule has 3 amide bonds. The van der Waals surface area contributed by atoms with Crippen molar-refractivity contribution in [2.45, 2.75) is 49.6 Å². The van der Waals surface area contributed by atoms with Gasteiger partial charge >= 0.3 is 0 Å². The Labute approximate surface area is 262 Å². The quantitative estimate of drug-likeness (QED) is 0.427. The summed E-state index contributed by atoms with van der Waals surface area (Å²) in [6.45, 7) is 6.44. The number of hydrogen-bond acceptors (Lipinski definition) is 8. The van der Waals surface area contributed by atoms with Crippen molar-refractivity contribution in [2.75, 3.05) is 64.3 Å². The largest absolute Gasteiger partial charge is 0.349 e. The summed E-state index contributed by atoms with van der Waals surface area (Å²) < 4.78 is 30.6. The Balaban J connectivity index is 1.32. The molecule has 14 heteroatoms. The number of sulfonamides is 1. The molecular formula is C29H39ClN6O5S2. The minimum atomic E-state index is -4.21. The van der Waals surface area contributed by atoms with E-state index in [4.69, 9.17) is 11.6 Å². The number of piperidine rings is 1. The van der Waals surface area contributed by atoms with Gasteiger partial charge in [0.15, 0.2) is 0 Å². The summed E-state index contributed by atoms with van der Waals surface area (Å²) in [6, 6.07) is 7.25. The van der Waals surface area contributed by atoms with E-state index >= 15 is 0 Å². The Hall–Kier alpha value is -2.55. The lowest BCUT2D eigenvalue weighted by atomic mass is 10.0. The minimum absolute atomic E-state index is 0.00838. The fraction of sp³-hybridized carbons (Fsp3) is 0.552. The monoisotopic (exact) mass is 650 g/mol. The lowest BCUT2D eigenvalue weighted by molar-refractivity contribution is -0.135. The highest BCUT2D eigenvalue weighted by Crippen LogP contribution is 2.30. The van der Waals surface area contributed by atoms with Crippen LogP contribution in [0, 0.1) is 6.92 Å². The highest BCUT2D eigenvalue weighted by molar-refractivity contribution is 7.89. The molecule has 0 aliphatic carbocycles. The second-order valence-corrected chi connectivity index (χ2v) is 14.8. The van der Waals surface area contributed by atoms with Crippen molar-refractivity contribution in [1.29, 1.82) is 0 Å². The fourth-order valence-corrected chi connectivity index (χ4v) is 8.54. The summed E-state index contributed by atoms with van der Waals surface area (Å²) >= 11 is 7.09. The van der Waals surface area contributed by atoms with Gasteiger partial charge in [-0.25, -0.2) is 8.42 Å². The van der Waals surface area contributed by atoms with Crippen LogP contribution in [0.5, 0.6) is 0 Å². The van der Waals surface area contributed by atoms with Crippen LogP contribution >= 0.6 is 22.9 Å². The maximum atomic E-state index is 13.8. The number of carbonyl (C=O) groups is 3. The molecule has 3 aliphatic heterocycles. The first-order valence-corrected chi connectivity index (χ1v) is 17.4. The van der Waals surface area contributed by atoms with Gasteiger partial charge in [0.05, 0.1) is 14.1 Å². The van der Waals surface area contributed by atoms with Crippen LogP contribution < -0.4 is 14.9 Å². The van der Waals surface area contributed by atoms with Gasteiger partial charge in [-0.1, -0.05) is 17.7 Å². The van der Waals surface area contributed by atoms with Crippen molar-refractivity contribution in [2.24, 2.45) is 0 Å². The Morgan fingerprint density at radius 3 is 2.40 bits per heavy atom. The van der Waals surface area contributed by atoms with E-state index in [0.717, 1.165) is 37.3 Å². The predicted octanol–water partition coefficient (Wildman–Crippen LogP) is 2.15. The van der Waals surface area contributed by atoms with E-state index in [1.54, 1.807) is 41.0 Å². The zero-order chi connectivity index (χ0) is 30.7. The molecule has 1 aromatic carbocycles. The summed E-state index contributed by atoms with van der Waals surface area (Å²) in [6.07, 6.45) is 3.32. The molecule has 2 N–H and O–H groups in total. The molecule has 0 spiro atoms. The summed E-state index contributed by atoms with van der Waals surface area (Å²) in [5.41, 5.74) is 0.974. The molecule has 0 radical (unpaired) electrons. The van der Waals surface area contributed by atoms with Crippen molar-refractivity contribution in [3.05, 3.63) is 45.1 Å². The Morgan fingerprint density at radius 1 is 1.05 bits per heavy atom. The van der Waals surface area contributed by atoms with Crippen LogP contribution in [0.1, 0.15) is 40.9 Å². The smallest absolute Gasteiger partial charge is 0.261 e. The second-order valence-electron chi connectivity index (χ2n) is 11.4. The summed E-state index contributed by atoms with van der Waals surface area (Å²) in [5, 5.41) is 2.72. The number of likely N-dealkylation sites (tertiary alicyclic amines) is 1. The van der Waals surface area contributed by atoms with Crippen LogP contribution in [0.15, 0.2) is 35.2 Å². The number of hydrogen-bond donors (Lipinski definition) is 2. The van der Waals surface area contributed by atoms with Crippen molar-refractivity contribution < 1.29 is 22.8 Å². The molecule has 43 heavy (non-hydrogen) atoms. The standard InChI is InChI=1S/C29H39ClN6O5S2/c1-20-23(36-12-4-7-27(36)37)5-3-6-25(20)43(40,41)32-22(19-31-28(38)24-8-9-26(30)42-24)29(39)35-17-15-34(16-18-35)21-10-13-33(2)14-11-21/h3,5-6,8-9,21-22,32H,4,7,10-19H2,1-2H3,(H,31,38)/t22-/m0/s1. The van der Waals surface area contributed by atoms with Crippen molar-refractivity contribution in [3.8, 4) is 0 Å². The molecule has 2 aromatic rings.